The average Bonchev–Trinajstić information content (AvgIpc) is 2.89. The minimum absolute atomic E-state index is 0.199. The first-order valence-electron chi connectivity index (χ1n) is 9.34. The van der Waals surface area contributed by atoms with E-state index in [1.165, 1.54) is 44.9 Å². The van der Waals surface area contributed by atoms with Crippen molar-refractivity contribution >= 4 is 5.78 Å². The Kier molecular flexibility index (Phi) is 3.26. The molecular weight excluding hydrogens is 272 g/mol. The summed E-state index contributed by atoms with van der Waals surface area (Å²) in [6.07, 6.45) is 12.2. The molecule has 0 aliphatic heterocycles. The predicted molar refractivity (Wildman–Crippen MR) is 87.4 cm³/mol. The normalized spacial score (nSPS) is 53.0. The van der Waals surface area contributed by atoms with Crippen molar-refractivity contribution in [1.29, 1.82) is 0 Å². The zero-order chi connectivity index (χ0) is 15.5. The van der Waals surface area contributed by atoms with E-state index < -0.39 is 0 Å². The Morgan fingerprint density at radius 2 is 1.91 bits per heavy atom. The van der Waals surface area contributed by atoms with Crippen molar-refractivity contribution in [2.24, 2.45) is 34.5 Å². The maximum atomic E-state index is 12.2. The predicted octanol–water partition coefficient (Wildman–Crippen LogP) is 5.04. The van der Waals surface area contributed by atoms with Crippen LogP contribution in [0.3, 0.4) is 0 Å². The molecule has 4 aliphatic rings. The van der Waals surface area contributed by atoms with Gasteiger partial charge in [-0.25, -0.2) is 0 Å². The molecular formula is C20H30O2. The lowest BCUT2D eigenvalue weighted by atomic mass is 9.45. The summed E-state index contributed by atoms with van der Waals surface area (Å²) in [5.74, 6) is 3.31. The standard InChI is InChI=1S/C20H30O2/c1-19-8-3-4-16(19)15-6-5-14-10-18(22)13(12-21)11-20(14,2)17(15)7-9-19/h12,14-17,21H,3-11H2,1-2H3/t14-,15-,16-,17-,19-,20-/m0/s1. The van der Waals surface area contributed by atoms with Crippen LogP contribution in [0.25, 0.3) is 0 Å². The van der Waals surface area contributed by atoms with Gasteiger partial charge in [-0.2, -0.15) is 0 Å². The number of Topliss-reactive ketones (excluding diaryl/α,β-unsaturated/α-hetero) is 1. The number of ketones is 1. The molecule has 0 aromatic rings. The summed E-state index contributed by atoms with van der Waals surface area (Å²) in [4.78, 5) is 12.2. The number of aliphatic hydroxyl groups excluding tert-OH is 1. The van der Waals surface area contributed by atoms with Crippen molar-refractivity contribution < 1.29 is 9.90 Å². The lowest BCUT2D eigenvalue weighted by Gasteiger charge is -2.59. The SMILES string of the molecule is C[C@@]12CCC[C@H]1[C@@H]1CC[C@H]3CC(=O)C(=CO)C[C@]3(C)[C@H]1CC2. The monoisotopic (exact) mass is 302 g/mol. The highest BCUT2D eigenvalue weighted by atomic mass is 16.2. The van der Waals surface area contributed by atoms with Crippen molar-refractivity contribution in [2.45, 2.75) is 71.6 Å². The third-order valence-corrected chi connectivity index (χ3v) is 8.36. The highest BCUT2D eigenvalue weighted by Crippen LogP contribution is 2.66. The summed E-state index contributed by atoms with van der Waals surface area (Å²) in [5, 5.41) is 9.47. The van der Waals surface area contributed by atoms with Crippen molar-refractivity contribution in [3.8, 4) is 0 Å². The molecule has 4 rings (SSSR count). The van der Waals surface area contributed by atoms with Crippen LogP contribution in [0.5, 0.6) is 0 Å². The van der Waals surface area contributed by atoms with Gasteiger partial charge in [-0.05, 0) is 79.4 Å². The second kappa shape index (κ2) is 4.85. The van der Waals surface area contributed by atoms with E-state index in [0.29, 0.717) is 23.3 Å². The quantitative estimate of drug-likeness (QED) is 0.503. The number of carbonyl (C=O) groups excluding carboxylic acids is 1. The van der Waals surface area contributed by atoms with Crippen LogP contribution in [0.15, 0.2) is 11.8 Å². The van der Waals surface area contributed by atoms with Gasteiger partial charge in [0, 0.05) is 12.0 Å². The van der Waals surface area contributed by atoms with Crippen molar-refractivity contribution in [1.82, 2.24) is 0 Å². The smallest absolute Gasteiger partial charge is 0.162 e. The summed E-state index contributed by atoms with van der Waals surface area (Å²) in [7, 11) is 0. The average molecular weight is 302 g/mol. The number of fused-ring (bicyclic) bond motifs is 5. The van der Waals surface area contributed by atoms with Crippen LogP contribution in [0.1, 0.15) is 71.6 Å². The number of aliphatic hydroxyl groups is 1. The van der Waals surface area contributed by atoms with Gasteiger partial charge in [-0.15, -0.1) is 0 Å². The molecule has 0 radical (unpaired) electrons. The number of hydrogen-bond donors (Lipinski definition) is 1. The molecule has 1 N–H and O–H groups in total. The summed E-state index contributed by atoms with van der Waals surface area (Å²) < 4.78 is 0. The van der Waals surface area contributed by atoms with Gasteiger partial charge >= 0.3 is 0 Å². The molecule has 0 spiro atoms. The number of allylic oxidation sites excluding steroid dienone is 1. The molecule has 0 bridgehead atoms. The Morgan fingerprint density at radius 3 is 2.68 bits per heavy atom. The Labute approximate surface area is 134 Å². The van der Waals surface area contributed by atoms with E-state index in [2.05, 4.69) is 13.8 Å². The van der Waals surface area contributed by atoms with E-state index in [0.717, 1.165) is 30.4 Å². The number of carbonyl (C=O) groups is 1. The number of rotatable bonds is 0. The minimum atomic E-state index is 0.199. The highest BCUT2D eigenvalue weighted by molar-refractivity contribution is 5.96. The van der Waals surface area contributed by atoms with Crippen LogP contribution >= 0.6 is 0 Å². The molecule has 0 aromatic carbocycles. The van der Waals surface area contributed by atoms with Crippen molar-refractivity contribution in [3.05, 3.63) is 11.8 Å². The van der Waals surface area contributed by atoms with E-state index in [1.807, 2.05) is 0 Å². The molecule has 2 nitrogen and oxygen atoms in total. The fraction of sp³-hybridized carbons (Fsp3) is 0.850. The van der Waals surface area contributed by atoms with Crippen LogP contribution in [0, 0.1) is 34.5 Å². The first kappa shape index (κ1) is 14.8. The largest absolute Gasteiger partial charge is 0.515 e. The summed E-state index contributed by atoms with van der Waals surface area (Å²) in [5.41, 5.74) is 1.54. The summed E-state index contributed by atoms with van der Waals surface area (Å²) in [6.45, 7) is 4.97. The molecule has 0 amide bonds. The first-order chi connectivity index (χ1) is 10.5. The van der Waals surface area contributed by atoms with Crippen molar-refractivity contribution in [3.63, 3.8) is 0 Å². The first-order valence-corrected chi connectivity index (χ1v) is 9.34. The van der Waals surface area contributed by atoms with Crippen LogP contribution in [-0.2, 0) is 4.79 Å². The highest BCUT2D eigenvalue weighted by Gasteiger charge is 2.58. The van der Waals surface area contributed by atoms with E-state index >= 15 is 0 Å². The Bertz CT molecular complexity index is 522. The third-order valence-electron chi connectivity index (χ3n) is 8.36. The van der Waals surface area contributed by atoms with Gasteiger partial charge in [-0.3, -0.25) is 4.79 Å². The van der Waals surface area contributed by atoms with Gasteiger partial charge in [0.15, 0.2) is 5.78 Å². The minimum Gasteiger partial charge on any atom is -0.515 e. The topological polar surface area (TPSA) is 37.3 Å². The lowest BCUT2D eigenvalue weighted by Crippen LogP contribution is -2.53. The molecule has 2 heteroatoms. The number of hydrogen-bond acceptors (Lipinski definition) is 2. The summed E-state index contributed by atoms with van der Waals surface area (Å²) in [6, 6.07) is 0. The Balaban J connectivity index is 1.66. The zero-order valence-corrected chi connectivity index (χ0v) is 14.1. The van der Waals surface area contributed by atoms with Gasteiger partial charge in [0.2, 0.25) is 0 Å². The molecule has 4 fully saturated rings. The van der Waals surface area contributed by atoms with Crippen molar-refractivity contribution in [2.75, 3.05) is 0 Å². The molecule has 22 heavy (non-hydrogen) atoms. The fourth-order valence-electron chi connectivity index (χ4n) is 7.12. The maximum absolute atomic E-state index is 12.2. The van der Waals surface area contributed by atoms with E-state index in [9.17, 15) is 9.90 Å². The maximum Gasteiger partial charge on any atom is 0.162 e. The molecule has 4 saturated carbocycles. The Morgan fingerprint density at radius 1 is 1.09 bits per heavy atom. The second-order valence-corrected chi connectivity index (χ2v) is 9.20. The zero-order valence-electron chi connectivity index (χ0n) is 14.1. The van der Waals surface area contributed by atoms with Crippen LogP contribution in [0.4, 0.5) is 0 Å². The van der Waals surface area contributed by atoms with Gasteiger partial charge in [0.05, 0.1) is 6.26 Å². The Hall–Kier alpha value is -0.790. The van der Waals surface area contributed by atoms with Crippen LogP contribution in [0.2, 0.25) is 0 Å². The van der Waals surface area contributed by atoms with Crippen LogP contribution in [-0.4, -0.2) is 10.9 Å². The molecule has 0 aromatic heterocycles. The second-order valence-electron chi connectivity index (χ2n) is 9.20. The molecule has 4 aliphatic carbocycles. The third kappa shape index (κ3) is 1.88. The molecule has 0 saturated heterocycles. The molecule has 0 unspecified atom stereocenters. The van der Waals surface area contributed by atoms with Gasteiger partial charge < -0.3 is 5.11 Å². The fourth-order valence-corrected chi connectivity index (χ4v) is 7.12. The lowest BCUT2D eigenvalue weighted by molar-refractivity contribution is -0.130. The molecule has 6 atom stereocenters. The van der Waals surface area contributed by atoms with E-state index in [1.54, 1.807) is 0 Å². The van der Waals surface area contributed by atoms with E-state index in [-0.39, 0.29) is 11.2 Å². The van der Waals surface area contributed by atoms with Gasteiger partial charge in [0.25, 0.3) is 0 Å². The van der Waals surface area contributed by atoms with Gasteiger partial charge in [0.1, 0.15) is 0 Å². The summed E-state index contributed by atoms with van der Waals surface area (Å²) >= 11 is 0. The van der Waals surface area contributed by atoms with E-state index in [4.69, 9.17) is 0 Å². The molecule has 0 heterocycles. The van der Waals surface area contributed by atoms with Crippen LogP contribution < -0.4 is 0 Å². The van der Waals surface area contributed by atoms with Gasteiger partial charge in [-0.1, -0.05) is 20.3 Å². The molecule has 122 valence electrons.